The molecular weight excluding hydrogens is 202 g/mol. The van der Waals surface area contributed by atoms with Crippen molar-refractivity contribution in [1.29, 1.82) is 0 Å². The zero-order valence-corrected chi connectivity index (χ0v) is 10.5. The first-order valence-electron chi connectivity index (χ1n) is 5.59. The van der Waals surface area contributed by atoms with Gasteiger partial charge in [-0.05, 0) is 17.8 Å². The molecule has 0 aliphatic heterocycles. The normalized spacial score (nSPS) is 21.8. The highest BCUT2D eigenvalue weighted by Gasteiger charge is 2.65. The van der Waals surface area contributed by atoms with Crippen LogP contribution in [0.15, 0.2) is 10.9 Å². The van der Waals surface area contributed by atoms with E-state index in [9.17, 15) is 4.79 Å². The maximum absolute atomic E-state index is 11.3. The molecule has 2 rings (SSSR count). The van der Waals surface area contributed by atoms with Gasteiger partial charge in [-0.2, -0.15) is 0 Å². The van der Waals surface area contributed by atoms with E-state index in [-0.39, 0.29) is 16.4 Å². The van der Waals surface area contributed by atoms with Gasteiger partial charge in [-0.1, -0.05) is 27.7 Å². The number of hydrogen-bond donors (Lipinski definition) is 2. The van der Waals surface area contributed by atoms with Crippen molar-refractivity contribution in [2.75, 3.05) is 5.32 Å². The Balaban J connectivity index is 2.21. The Morgan fingerprint density at radius 1 is 1.31 bits per heavy atom. The van der Waals surface area contributed by atoms with Crippen molar-refractivity contribution in [3.63, 3.8) is 0 Å². The molecule has 4 heteroatoms. The fourth-order valence-electron chi connectivity index (χ4n) is 2.36. The van der Waals surface area contributed by atoms with Crippen molar-refractivity contribution >= 4 is 5.82 Å². The maximum atomic E-state index is 11.3. The summed E-state index contributed by atoms with van der Waals surface area (Å²) >= 11 is 0. The first kappa shape index (κ1) is 11.2. The lowest BCUT2D eigenvalue weighted by atomic mass is 10.0. The average Bonchev–Trinajstić information content (AvgIpc) is 2.46. The van der Waals surface area contributed by atoms with Crippen molar-refractivity contribution in [2.24, 2.45) is 10.8 Å². The van der Waals surface area contributed by atoms with E-state index >= 15 is 0 Å². The second-order valence-corrected chi connectivity index (χ2v) is 5.74. The maximum Gasteiger partial charge on any atom is 0.252 e. The molecule has 2 N–H and O–H groups in total. The van der Waals surface area contributed by atoms with Crippen LogP contribution in [0.4, 0.5) is 5.82 Å². The molecule has 0 spiro atoms. The third-order valence-electron chi connectivity index (χ3n) is 4.17. The van der Waals surface area contributed by atoms with Crippen LogP contribution in [0.25, 0.3) is 0 Å². The molecule has 1 heterocycles. The molecule has 4 nitrogen and oxygen atoms in total. The van der Waals surface area contributed by atoms with Crippen LogP contribution < -0.4 is 10.9 Å². The lowest BCUT2D eigenvalue weighted by Gasteiger charge is -2.07. The number of aromatic amines is 1. The Morgan fingerprint density at radius 3 is 2.31 bits per heavy atom. The smallest absolute Gasteiger partial charge is 0.252 e. The van der Waals surface area contributed by atoms with Gasteiger partial charge in [0.05, 0.1) is 0 Å². The standard InChI is InChI=1S/C12H19N3O/c1-7-13-8(6-9(16)14-7)15-10-11(2,3)12(10,4)5/h6,10H,1-5H3,(H2,13,14,15,16). The third-order valence-corrected chi connectivity index (χ3v) is 4.17. The summed E-state index contributed by atoms with van der Waals surface area (Å²) in [5.74, 6) is 1.32. The van der Waals surface area contributed by atoms with Crippen LogP contribution in [0.5, 0.6) is 0 Å². The Kier molecular flexibility index (Phi) is 2.16. The van der Waals surface area contributed by atoms with Crippen LogP contribution >= 0.6 is 0 Å². The topological polar surface area (TPSA) is 57.8 Å². The number of nitrogens with one attached hydrogen (secondary N) is 2. The van der Waals surface area contributed by atoms with Gasteiger partial charge in [0.1, 0.15) is 11.6 Å². The van der Waals surface area contributed by atoms with E-state index in [0.717, 1.165) is 0 Å². The molecule has 0 bridgehead atoms. The molecule has 0 atom stereocenters. The number of hydrogen-bond acceptors (Lipinski definition) is 3. The van der Waals surface area contributed by atoms with Gasteiger partial charge in [0.25, 0.3) is 5.56 Å². The number of H-pyrrole nitrogens is 1. The van der Waals surface area contributed by atoms with Crippen LogP contribution in [0.1, 0.15) is 33.5 Å². The van der Waals surface area contributed by atoms with Crippen LogP contribution in [-0.4, -0.2) is 16.0 Å². The lowest BCUT2D eigenvalue weighted by Crippen LogP contribution is -2.16. The molecule has 1 aromatic heterocycles. The summed E-state index contributed by atoms with van der Waals surface area (Å²) in [6, 6.07) is 1.88. The third kappa shape index (κ3) is 1.52. The largest absolute Gasteiger partial charge is 0.366 e. The molecule has 1 aliphatic rings. The second-order valence-electron chi connectivity index (χ2n) is 5.74. The van der Waals surface area contributed by atoms with Crippen LogP contribution in [0.2, 0.25) is 0 Å². The summed E-state index contributed by atoms with van der Waals surface area (Å²) in [7, 11) is 0. The van der Waals surface area contributed by atoms with Crippen LogP contribution in [0, 0.1) is 17.8 Å². The monoisotopic (exact) mass is 221 g/mol. The van der Waals surface area contributed by atoms with Crippen molar-refractivity contribution in [1.82, 2.24) is 9.97 Å². The minimum atomic E-state index is -0.105. The average molecular weight is 221 g/mol. The Bertz CT molecular complexity index is 459. The second kappa shape index (κ2) is 3.09. The Hall–Kier alpha value is -1.32. The molecule has 1 fully saturated rings. The summed E-state index contributed by atoms with van der Waals surface area (Å²) in [5, 5.41) is 3.35. The first-order valence-corrected chi connectivity index (χ1v) is 5.59. The van der Waals surface area contributed by atoms with Gasteiger partial charge < -0.3 is 10.3 Å². The van der Waals surface area contributed by atoms with Gasteiger partial charge in [-0.15, -0.1) is 0 Å². The van der Waals surface area contributed by atoms with Gasteiger partial charge in [0.2, 0.25) is 0 Å². The van der Waals surface area contributed by atoms with E-state index in [1.54, 1.807) is 6.92 Å². The molecule has 0 saturated heterocycles. The summed E-state index contributed by atoms with van der Waals surface area (Å²) in [6.45, 7) is 10.7. The Morgan fingerprint density at radius 2 is 1.88 bits per heavy atom. The summed E-state index contributed by atoms with van der Waals surface area (Å²) in [5.41, 5.74) is 0.377. The molecular formula is C12H19N3O. The summed E-state index contributed by atoms with van der Waals surface area (Å²) in [4.78, 5) is 18.2. The number of anilines is 1. The van der Waals surface area contributed by atoms with Crippen LogP contribution in [0.3, 0.4) is 0 Å². The molecule has 88 valence electrons. The Labute approximate surface area is 95.5 Å². The molecule has 1 saturated carbocycles. The molecule has 1 aliphatic carbocycles. The van der Waals surface area contributed by atoms with E-state index in [4.69, 9.17) is 0 Å². The molecule has 16 heavy (non-hydrogen) atoms. The highest BCUT2D eigenvalue weighted by molar-refractivity contribution is 5.41. The molecule has 1 aromatic rings. The molecule has 0 unspecified atom stereocenters. The van der Waals surface area contributed by atoms with Crippen molar-refractivity contribution < 1.29 is 0 Å². The predicted molar refractivity (Wildman–Crippen MR) is 64.6 cm³/mol. The van der Waals surface area contributed by atoms with E-state index < -0.39 is 0 Å². The molecule has 0 radical (unpaired) electrons. The predicted octanol–water partition coefficient (Wildman–Crippen LogP) is 1.92. The van der Waals surface area contributed by atoms with Crippen molar-refractivity contribution in [2.45, 2.75) is 40.7 Å². The molecule has 0 amide bonds. The first-order chi connectivity index (χ1) is 7.25. The summed E-state index contributed by atoms with van der Waals surface area (Å²) in [6.07, 6.45) is 0. The van der Waals surface area contributed by atoms with Crippen LogP contribution in [-0.2, 0) is 0 Å². The highest BCUT2D eigenvalue weighted by Crippen LogP contribution is 2.63. The zero-order chi connectivity index (χ0) is 12.1. The minimum Gasteiger partial charge on any atom is -0.366 e. The SMILES string of the molecule is Cc1nc(NC2C(C)(C)C2(C)C)cc(=O)[nH]1. The number of aromatic nitrogens is 2. The molecule has 0 aromatic carbocycles. The highest BCUT2D eigenvalue weighted by atomic mass is 16.1. The fraction of sp³-hybridized carbons (Fsp3) is 0.667. The van der Waals surface area contributed by atoms with Gasteiger partial charge in [0, 0.05) is 12.1 Å². The van der Waals surface area contributed by atoms with Gasteiger partial charge in [-0.25, -0.2) is 4.98 Å². The van der Waals surface area contributed by atoms with Gasteiger partial charge >= 0.3 is 0 Å². The number of rotatable bonds is 2. The van der Waals surface area contributed by atoms with Crippen molar-refractivity contribution in [3.05, 3.63) is 22.2 Å². The van der Waals surface area contributed by atoms with E-state index in [1.165, 1.54) is 6.07 Å². The summed E-state index contributed by atoms with van der Waals surface area (Å²) < 4.78 is 0. The number of aryl methyl sites for hydroxylation is 1. The fourth-order valence-corrected chi connectivity index (χ4v) is 2.36. The number of nitrogens with zero attached hydrogens (tertiary/aromatic N) is 1. The van der Waals surface area contributed by atoms with Crippen molar-refractivity contribution in [3.8, 4) is 0 Å². The lowest BCUT2D eigenvalue weighted by molar-refractivity contribution is 0.457. The van der Waals surface area contributed by atoms with E-state index in [1.807, 2.05) is 0 Å². The quantitative estimate of drug-likeness (QED) is 0.802. The van der Waals surface area contributed by atoms with E-state index in [0.29, 0.717) is 17.7 Å². The minimum absolute atomic E-state index is 0.105. The van der Waals surface area contributed by atoms with E-state index in [2.05, 4.69) is 43.0 Å². The zero-order valence-electron chi connectivity index (χ0n) is 10.5. The van der Waals surface area contributed by atoms with Gasteiger partial charge in [-0.3, -0.25) is 4.79 Å². The van der Waals surface area contributed by atoms with Gasteiger partial charge in [0.15, 0.2) is 0 Å².